The third-order valence-corrected chi connectivity index (χ3v) is 26.5. The Morgan fingerprint density at radius 2 is 0.916 bits per heavy atom. The summed E-state index contributed by atoms with van der Waals surface area (Å²) in [5, 5.41) is 91.2. The zero-order valence-electron chi connectivity index (χ0n) is 80.2. The Hall–Kier alpha value is -13.5. The fourth-order valence-corrected chi connectivity index (χ4v) is 18.9. The summed E-state index contributed by atoms with van der Waals surface area (Å²) in [4.78, 5) is 91.7. The van der Waals surface area contributed by atoms with Crippen LogP contribution in [0.15, 0.2) is 213 Å². The number of aliphatic hydroxyl groups is 3. The Balaban J connectivity index is 0.000000132. The van der Waals surface area contributed by atoms with E-state index in [1.807, 2.05) is 81.2 Å². The van der Waals surface area contributed by atoms with E-state index in [9.17, 15) is 64.4 Å². The van der Waals surface area contributed by atoms with Crippen molar-refractivity contribution in [3.05, 3.63) is 289 Å². The number of fused-ring (bicyclic) bond motifs is 1. The van der Waals surface area contributed by atoms with Gasteiger partial charge in [0.2, 0.25) is 0 Å². The smallest absolute Gasteiger partial charge is 0.417 e. The standard InChI is InChI=1S/C26H29N5O5.C19H15ClFN3O3.2C19H26N4O2.C12H20N4O2.C7H5NO4/c32-26(21-6-8-22(9-7-21)31(33)34)36-24-10-12-29(19-23(24)28-14-16-35-17-15-28)25-11-13-30(27-25)18-20-4-2-1-3-5-20;1-19(2,3)27-18(26)24-9-14-16(17(24)25)11(20)7-13(23-14)15-10(8-22)5-4-6-12(15)21;2*24-18-6-8-22(15-17(18)21-10-12-25-13-11-21)19-7-9-23(20-19)14-16-4-2-1-3-5-16;17-11-2-4-16(12-1-3-13-14-12)9-10(11)15-5-7-18-8-6-15;9-7(10)5-1-3-6(4-2-5)8(11)12/h1-9,11,13,23-24H,10,12,14-19H2;4-7H,9H2,1-3H3;2*1-5,7,9,17-18,24H,6,8,10-15H2;1,3,10-11,17H,2,4-9H2,(H,13,14);1-4H,(H,9,10)/t23-,24+;;17-,18+;17-,18-;10-,11+;/m1.111./s1. The number of aromatic nitrogens is 9. The molecule has 6 aromatic carbocycles. The number of carboxylic acid groups (broad SMARTS) is 1. The van der Waals surface area contributed by atoms with Gasteiger partial charge in [0.05, 0.1) is 188 Å². The van der Waals surface area contributed by atoms with Gasteiger partial charge in [0.1, 0.15) is 23.3 Å². The van der Waals surface area contributed by atoms with Crippen LogP contribution in [0.5, 0.6) is 0 Å². The second-order valence-corrected chi connectivity index (χ2v) is 37.2. The van der Waals surface area contributed by atoms with Gasteiger partial charge in [-0.1, -0.05) is 109 Å². The van der Waals surface area contributed by atoms with Crippen LogP contribution in [0.1, 0.15) is 105 Å². The number of esters is 1. The predicted octanol–water partition coefficient (Wildman–Crippen LogP) is 10.7. The summed E-state index contributed by atoms with van der Waals surface area (Å²) in [7, 11) is 0. The summed E-state index contributed by atoms with van der Waals surface area (Å²) in [5.74, 6) is 1.13. The summed E-state index contributed by atoms with van der Waals surface area (Å²) < 4.78 is 53.2. The number of nitriles is 1. The molecule has 2 amide bonds. The van der Waals surface area contributed by atoms with Crippen molar-refractivity contribution >= 4 is 70.2 Å². The quantitative estimate of drug-likeness (QED) is 0.0269. The lowest BCUT2D eigenvalue weighted by atomic mass is 9.99. The first-order valence-electron chi connectivity index (χ1n) is 48.1. The third-order valence-electron chi connectivity index (χ3n) is 26.2. The van der Waals surface area contributed by atoms with Crippen LogP contribution >= 0.6 is 11.6 Å². The number of amides is 2. The molecule has 20 rings (SSSR count). The second-order valence-electron chi connectivity index (χ2n) is 36.8. The van der Waals surface area contributed by atoms with Crippen molar-refractivity contribution in [3.8, 4) is 17.3 Å². The number of carboxylic acids is 1. The number of halogens is 2. The van der Waals surface area contributed by atoms with Crippen molar-refractivity contribution in [2.75, 3.05) is 177 Å². The maximum absolute atomic E-state index is 14.3. The number of non-ortho nitro benzene ring substituents is 2. The molecular formula is C102H121ClFN21O18. The number of aromatic carboxylic acids is 1. The molecule has 8 fully saturated rings. The Kier molecular flexibility index (Phi) is 36.2. The Morgan fingerprint density at radius 3 is 1.31 bits per heavy atom. The van der Waals surface area contributed by atoms with Crippen molar-refractivity contribution in [1.82, 2.24) is 69.0 Å². The number of imide groups is 1. The van der Waals surface area contributed by atoms with Crippen LogP contribution in [0.3, 0.4) is 0 Å². The second kappa shape index (κ2) is 49.9. The van der Waals surface area contributed by atoms with Crippen molar-refractivity contribution in [1.29, 1.82) is 5.26 Å². The van der Waals surface area contributed by atoms with Gasteiger partial charge in [-0.25, -0.2) is 28.7 Å². The zero-order chi connectivity index (χ0) is 100. The monoisotopic (exact) mass is 1980 g/mol. The van der Waals surface area contributed by atoms with Crippen LogP contribution in [0.4, 0.5) is 43.8 Å². The summed E-state index contributed by atoms with van der Waals surface area (Å²) in [5.41, 5.74) is 3.59. The molecular weight excluding hydrogens is 1860 g/mol. The van der Waals surface area contributed by atoms with Gasteiger partial charge in [-0.15, -0.1) is 0 Å². The molecule has 8 saturated heterocycles. The number of piperidine rings is 4. The number of hydrogen-bond acceptors (Lipinski definition) is 31. The molecule has 0 aliphatic carbocycles. The maximum Gasteiger partial charge on any atom is 0.417 e. The fraction of sp³-hybridized carbons (Fsp3) is 0.431. The SMILES string of the molecule is CC(C)(C)OC(=O)N1Cc2nc(-c3c(F)cccc3C#N)cc(Cl)c2C1=O.O=C(O)c1ccc([N+](=O)[O-])cc1.O=C(O[C@H]1CCN(c2ccn(Cc3ccccc3)n2)C[C@H]1N1CCOCC1)c1ccc([N+](=O)[O-])cc1.O[C@@H]1CCN(c2ccn(Cc3ccccc3)n2)C[C@H]1N1CCOCC1.O[C@H]1CCN(c2ccn(Cc3ccccc3)n2)C[C@H]1N1CCOCC1.O[C@H]1CCN(c2ccn[nH]2)C[C@H]1N1CCOCC1. The largest absolute Gasteiger partial charge is 0.478 e. The van der Waals surface area contributed by atoms with Crippen LogP contribution < -0.4 is 19.6 Å². The van der Waals surface area contributed by atoms with E-state index in [0.717, 1.165) is 204 Å². The zero-order valence-corrected chi connectivity index (χ0v) is 80.9. The van der Waals surface area contributed by atoms with Gasteiger partial charge in [-0.2, -0.15) is 25.7 Å². The minimum atomic E-state index is -1.09. The molecule has 0 unspecified atom stereocenters. The highest BCUT2D eigenvalue weighted by atomic mass is 35.5. The highest BCUT2D eigenvalue weighted by molar-refractivity contribution is 6.35. The number of morpholine rings is 4. The highest BCUT2D eigenvalue weighted by Gasteiger charge is 2.42. The van der Waals surface area contributed by atoms with E-state index in [1.165, 1.54) is 77.4 Å². The molecule has 0 radical (unpaired) electrons. The number of pyridine rings is 1. The fourth-order valence-electron chi connectivity index (χ4n) is 18.7. The van der Waals surface area contributed by atoms with Gasteiger partial charge in [-0.3, -0.25) is 63.8 Å². The van der Waals surface area contributed by atoms with E-state index in [-0.39, 0.29) is 105 Å². The number of benzene rings is 6. The van der Waals surface area contributed by atoms with Crippen molar-refractivity contribution in [2.45, 2.75) is 127 Å². The Labute approximate surface area is 832 Å². The van der Waals surface area contributed by atoms with Gasteiger partial charge in [0, 0.05) is 178 Å². The van der Waals surface area contributed by atoms with E-state index in [2.05, 4.69) is 127 Å². The normalized spacial score (nSPS) is 21.2. The van der Waals surface area contributed by atoms with Crippen LogP contribution in [-0.2, 0) is 54.6 Å². The van der Waals surface area contributed by atoms with E-state index < -0.39 is 45.2 Å². The molecule has 5 aromatic heterocycles. The molecule has 39 nitrogen and oxygen atoms in total. The van der Waals surface area contributed by atoms with E-state index in [4.69, 9.17) is 60.4 Å². The molecule has 0 bridgehead atoms. The Morgan fingerprint density at radius 1 is 0.517 bits per heavy atom. The van der Waals surface area contributed by atoms with E-state index in [1.54, 1.807) is 27.0 Å². The van der Waals surface area contributed by atoms with Gasteiger partial charge in [0.15, 0.2) is 17.5 Å². The highest BCUT2D eigenvalue weighted by Crippen LogP contribution is 2.37. The molecule has 0 saturated carbocycles. The number of carbonyl (C=O) groups excluding carboxylic acids is 3. The average Bonchev–Trinajstić information content (AvgIpc) is 1.62. The molecule has 143 heavy (non-hydrogen) atoms. The number of anilines is 4. The first-order valence-corrected chi connectivity index (χ1v) is 48.5. The molecule has 11 aromatic rings. The number of rotatable bonds is 20. The lowest BCUT2D eigenvalue weighted by molar-refractivity contribution is -0.385. The molecule has 14 heterocycles. The predicted molar refractivity (Wildman–Crippen MR) is 530 cm³/mol. The molecule has 8 atom stereocenters. The van der Waals surface area contributed by atoms with Gasteiger partial charge in [-0.05, 0) is 99.2 Å². The number of nitro benzene ring substituents is 2. The Bertz CT molecular complexity index is 5870. The van der Waals surface area contributed by atoms with Crippen molar-refractivity contribution in [3.63, 3.8) is 0 Å². The lowest BCUT2D eigenvalue weighted by Gasteiger charge is -2.44. The summed E-state index contributed by atoms with van der Waals surface area (Å²) in [6, 6.07) is 57.2. The number of hydrogen-bond donors (Lipinski definition) is 5. The van der Waals surface area contributed by atoms with Crippen LogP contribution in [-0.4, -0.2) is 335 Å². The third kappa shape index (κ3) is 28.3. The average molecular weight is 1980 g/mol. The van der Waals surface area contributed by atoms with Crippen molar-refractivity contribution < 1.29 is 82.3 Å². The maximum atomic E-state index is 14.3. The first-order chi connectivity index (χ1) is 69.2. The van der Waals surface area contributed by atoms with Crippen LogP contribution in [0.25, 0.3) is 11.3 Å². The number of aromatic amines is 1. The van der Waals surface area contributed by atoms with Gasteiger partial charge in [0.25, 0.3) is 17.3 Å². The van der Waals surface area contributed by atoms with E-state index >= 15 is 0 Å². The number of H-pyrrole nitrogens is 1. The summed E-state index contributed by atoms with van der Waals surface area (Å²) >= 11 is 6.23. The number of ether oxygens (including phenoxy) is 6. The molecule has 9 aliphatic heterocycles. The molecule has 9 aliphatic rings. The summed E-state index contributed by atoms with van der Waals surface area (Å²) in [6.07, 6.45) is 9.00. The minimum Gasteiger partial charge on any atom is -0.478 e. The molecule has 0 spiro atoms. The van der Waals surface area contributed by atoms with E-state index in [0.29, 0.717) is 44.8 Å². The first kappa shape index (κ1) is 104. The number of nitro groups is 2. The molecule has 756 valence electrons. The van der Waals surface area contributed by atoms with Crippen molar-refractivity contribution in [2.24, 2.45) is 0 Å². The molecule has 5 N–H and O–H groups in total. The number of nitrogens with zero attached hydrogens (tertiary/aromatic N) is 20. The van der Waals surface area contributed by atoms with Crippen LogP contribution in [0.2, 0.25) is 5.02 Å². The number of nitrogens with one attached hydrogen (secondary N) is 1. The minimum absolute atomic E-state index is 0.00660. The number of carbonyl (C=O) groups is 4. The number of aliphatic hydroxyl groups excluding tert-OH is 3. The van der Waals surface area contributed by atoms with Crippen LogP contribution in [0, 0.1) is 37.4 Å². The summed E-state index contributed by atoms with van der Waals surface area (Å²) in [6.45, 7) is 26.5. The van der Waals surface area contributed by atoms with Gasteiger partial charge < -0.3 is 68.4 Å². The topological polar surface area (TPSA) is 439 Å². The van der Waals surface area contributed by atoms with Gasteiger partial charge >= 0.3 is 18.0 Å². The molecule has 41 heteroatoms. The lowest BCUT2D eigenvalue weighted by Crippen LogP contribution is -2.59.